The number of rotatable bonds is 11. The van der Waals surface area contributed by atoms with Crippen LogP contribution in [0.15, 0.2) is 0 Å². The number of ketones is 1. The zero-order valence-corrected chi connectivity index (χ0v) is 17.2. The Kier molecular flexibility index (Phi) is 9.65. The van der Waals surface area contributed by atoms with Crippen LogP contribution in [0.25, 0.3) is 0 Å². The number of aliphatic hydroxyl groups excluding tert-OH is 1. The molecular formula is C19H36N2O5S. The van der Waals surface area contributed by atoms with Crippen LogP contribution in [0.1, 0.15) is 51.4 Å². The molecule has 158 valence electrons. The molecule has 0 aromatic heterocycles. The van der Waals surface area contributed by atoms with E-state index in [1.54, 1.807) is 0 Å². The quantitative estimate of drug-likeness (QED) is 0.523. The van der Waals surface area contributed by atoms with Gasteiger partial charge >= 0.3 is 0 Å². The molecule has 2 aliphatic rings. The van der Waals surface area contributed by atoms with Crippen molar-refractivity contribution >= 4 is 15.6 Å². The third-order valence-corrected chi connectivity index (χ3v) is 7.27. The number of hydrogen-bond donors (Lipinski definition) is 2. The van der Waals surface area contributed by atoms with E-state index in [0.29, 0.717) is 32.0 Å². The number of aliphatic hydroxyl groups is 1. The van der Waals surface area contributed by atoms with E-state index >= 15 is 0 Å². The summed E-state index contributed by atoms with van der Waals surface area (Å²) in [7, 11) is -3.63. The summed E-state index contributed by atoms with van der Waals surface area (Å²) in [5.41, 5.74) is 6.03. The highest BCUT2D eigenvalue weighted by Crippen LogP contribution is 2.27. The second kappa shape index (κ2) is 11.5. The highest BCUT2D eigenvalue weighted by molar-refractivity contribution is 7.92. The first-order chi connectivity index (χ1) is 12.9. The Labute approximate surface area is 163 Å². The van der Waals surface area contributed by atoms with Crippen molar-refractivity contribution in [1.82, 2.24) is 4.90 Å². The predicted molar refractivity (Wildman–Crippen MR) is 105 cm³/mol. The molecule has 0 radical (unpaired) electrons. The van der Waals surface area contributed by atoms with Gasteiger partial charge in [-0.1, -0.05) is 32.1 Å². The number of carbonyl (C=O) groups is 1. The van der Waals surface area contributed by atoms with Gasteiger partial charge in [0.05, 0.1) is 25.1 Å². The molecule has 7 nitrogen and oxygen atoms in total. The summed E-state index contributed by atoms with van der Waals surface area (Å²) in [5.74, 6) is -0.719. The van der Waals surface area contributed by atoms with Crippen molar-refractivity contribution in [3.05, 3.63) is 0 Å². The number of sulfone groups is 1. The van der Waals surface area contributed by atoms with Crippen LogP contribution in [-0.4, -0.2) is 80.7 Å². The van der Waals surface area contributed by atoms with Crippen LogP contribution in [0.3, 0.4) is 0 Å². The summed E-state index contributed by atoms with van der Waals surface area (Å²) >= 11 is 0. The summed E-state index contributed by atoms with van der Waals surface area (Å²) in [6.45, 7) is 3.92. The molecule has 0 bridgehead atoms. The number of nitrogens with two attached hydrogens (primary N) is 1. The van der Waals surface area contributed by atoms with Gasteiger partial charge in [0.15, 0.2) is 9.84 Å². The van der Waals surface area contributed by atoms with Gasteiger partial charge in [-0.15, -0.1) is 0 Å². The molecule has 1 saturated carbocycles. The first-order valence-electron chi connectivity index (χ1n) is 10.3. The monoisotopic (exact) mass is 404 g/mol. The van der Waals surface area contributed by atoms with Gasteiger partial charge in [-0.05, 0) is 25.3 Å². The van der Waals surface area contributed by atoms with Crippen molar-refractivity contribution in [2.24, 2.45) is 11.7 Å². The fourth-order valence-corrected chi connectivity index (χ4v) is 5.57. The number of hydrogen-bond acceptors (Lipinski definition) is 7. The minimum absolute atomic E-state index is 0.251. The Hall–Kier alpha value is -0.540. The van der Waals surface area contributed by atoms with Gasteiger partial charge in [0, 0.05) is 25.6 Å². The minimum atomic E-state index is -3.63. The topological polar surface area (TPSA) is 110 Å². The first-order valence-corrected chi connectivity index (χ1v) is 12.1. The van der Waals surface area contributed by atoms with Crippen LogP contribution >= 0.6 is 0 Å². The molecule has 27 heavy (non-hydrogen) atoms. The number of ether oxygens (including phenoxy) is 1. The molecule has 0 aromatic carbocycles. The zero-order valence-electron chi connectivity index (χ0n) is 16.4. The molecule has 0 spiro atoms. The smallest absolute Gasteiger partial charge is 0.159 e. The van der Waals surface area contributed by atoms with Gasteiger partial charge in [-0.3, -0.25) is 9.69 Å². The van der Waals surface area contributed by atoms with E-state index in [1.165, 1.54) is 19.3 Å². The van der Waals surface area contributed by atoms with Crippen molar-refractivity contribution in [2.45, 2.75) is 63.5 Å². The molecule has 0 amide bonds. The molecule has 1 heterocycles. The Morgan fingerprint density at radius 2 is 1.85 bits per heavy atom. The number of Topliss-reactive ketones (excluding diaryl/α,β-unsaturated/α-hetero) is 1. The average Bonchev–Trinajstić information content (AvgIpc) is 2.62. The summed E-state index contributed by atoms with van der Waals surface area (Å²) in [4.78, 5) is 14.3. The summed E-state index contributed by atoms with van der Waals surface area (Å²) in [6, 6.07) is -0.542. The second-order valence-electron chi connectivity index (χ2n) is 8.12. The van der Waals surface area contributed by atoms with E-state index in [-0.39, 0.29) is 12.2 Å². The molecule has 2 atom stereocenters. The summed E-state index contributed by atoms with van der Waals surface area (Å²) in [5, 5.41) is 10.2. The molecular weight excluding hydrogens is 368 g/mol. The maximum atomic E-state index is 12.2. The minimum Gasteiger partial charge on any atom is -0.390 e. The molecule has 8 heteroatoms. The highest BCUT2D eigenvalue weighted by atomic mass is 32.2. The SMILES string of the molecule is N[C@@H](CC1CCCCC1)[C@@H](O)CS(=O)(=O)CC(=O)CCCN1CCOCC1. The fourth-order valence-electron chi connectivity index (χ4n) is 4.05. The maximum Gasteiger partial charge on any atom is 0.159 e. The van der Waals surface area contributed by atoms with E-state index < -0.39 is 33.5 Å². The zero-order chi connectivity index (χ0) is 19.7. The van der Waals surface area contributed by atoms with Crippen LogP contribution < -0.4 is 5.73 Å². The van der Waals surface area contributed by atoms with Crippen molar-refractivity contribution in [3.8, 4) is 0 Å². The molecule has 2 rings (SSSR count). The van der Waals surface area contributed by atoms with Crippen LogP contribution in [0.2, 0.25) is 0 Å². The van der Waals surface area contributed by atoms with Crippen molar-refractivity contribution < 1.29 is 23.1 Å². The largest absolute Gasteiger partial charge is 0.390 e. The van der Waals surface area contributed by atoms with Crippen molar-refractivity contribution in [1.29, 1.82) is 0 Å². The van der Waals surface area contributed by atoms with Gasteiger partial charge < -0.3 is 15.6 Å². The van der Waals surface area contributed by atoms with Crippen molar-refractivity contribution in [2.75, 3.05) is 44.4 Å². The van der Waals surface area contributed by atoms with Gasteiger partial charge in [-0.2, -0.15) is 0 Å². The Bertz CT molecular complexity index is 542. The lowest BCUT2D eigenvalue weighted by Gasteiger charge is -2.27. The maximum absolute atomic E-state index is 12.2. The normalized spacial score (nSPS) is 22.4. The fraction of sp³-hybridized carbons (Fsp3) is 0.947. The molecule has 1 aliphatic heterocycles. The van der Waals surface area contributed by atoms with Crippen LogP contribution in [0.4, 0.5) is 0 Å². The number of nitrogens with zero attached hydrogens (tertiary/aromatic N) is 1. The molecule has 3 N–H and O–H groups in total. The van der Waals surface area contributed by atoms with Crippen LogP contribution in [-0.2, 0) is 19.4 Å². The number of carbonyl (C=O) groups excluding carboxylic acids is 1. The average molecular weight is 405 g/mol. The predicted octanol–water partition coefficient (Wildman–Crippen LogP) is 0.741. The Balaban J connectivity index is 1.66. The lowest BCUT2D eigenvalue weighted by molar-refractivity contribution is -0.116. The second-order valence-corrected chi connectivity index (χ2v) is 10.2. The van der Waals surface area contributed by atoms with Gasteiger partial charge in [0.2, 0.25) is 0 Å². The first kappa shape index (κ1) is 22.7. The number of morpholine rings is 1. The highest BCUT2D eigenvalue weighted by Gasteiger charge is 2.27. The van der Waals surface area contributed by atoms with Crippen molar-refractivity contribution in [3.63, 3.8) is 0 Å². The standard InChI is InChI=1S/C19H36N2O5S/c20-18(13-16-5-2-1-3-6-16)19(23)15-27(24,25)14-17(22)7-4-8-21-9-11-26-12-10-21/h16,18-19,23H,1-15,20H2/t18-,19-/m0/s1. The molecule has 0 aromatic rings. The summed E-state index contributed by atoms with van der Waals surface area (Å²) in [6.07, 6.45) is 6.29. The van der Waals surface area contributed by atoms with Gasteiger partial charge in [0.25, 0.3) is 0 Å². The van der Waals surface area contributed by atoms with E-state index in [2.05, 4.69) is 4.90 Å². The lowest BCUT2D eigenvalue weighted by atomic mass is 9.84. The molecule has 1 aliphatic carbocycles. The third-order valence-electron chi connectivity index (χ3n) is 5.66. The Morgan fingerprint density at radius 3 is 2.52 bits per heavy atom. The van der Waals surface area contributed by atoms with Gasteiger partial charge in [0.1, 0.15) is 11.5 Å². The van der Waals surface area contributed by atoms with Crippen LogP contribution in [0, 0.1) is 5.92 Å². The molecule has 2 fully saturated rings. The van der Waals surface area contributed by atoms with E-state index in [9.17, 15) is 18.3 Å². The van der Waals surface area contributed by atoms with E-state index in [4.69, 9.17) is 10.5 Å². The third kappa shape index (κ3) is 9.00. The Morgan fingerprint density at radius 1 is 1.19 bits per heavy atom. The summed E-state index contributed by atoms with van der Waals surface area (Å²) < 4.78 is 29.8. The molecule has 1 saturated heterocycles. The van der Waals surface area contributed by atoms with E-state index in [0.717, 1.165) is 32.5 Å². The molecule has 0 unspecified atom stereocenters. The van der Waals surface area contributed by atoms with E-state index in [1.807, 2.05) is 0 Å². The lowest BCUT2D eigenvalue weighted by Crippen LogP contribution is -2.42. The van der Waals surface area contributed by atoms with Gasteiger partial charge in [-0.25, -0.2) is 8.42 Å². The van der Waals surface area contributed by atoms with Crippen LogP contribution in [0.5, 0.6) is 0 Å².